The van der Waals surface area contributed by atoms with Crippen molar-refractivity contribution in [1.29, 1.82) is 0 Å². The quantitative estimate of drug-likeness (QED) is 0.927. The highest BCUT2D eigenvalue weighted by molar-refractivity contribution is 5.74. The molecule has 1 aromatic heterocycles. The summed E-state index contributed by atoms with van der Waals surface area (Å²) in [4.78, 5) is 14.4. The first-order chi connectivity index (χ1) is 11.2. The van der Waals surface area contributed by atoms with Crippen LogP contribution < -0.4 is 14.8 Å². The van der Waals surface area contributed by atoms with Crippen molar-refractivity contribution in [3.05, 3.63) is 47.8 Å². The van der Waals surface area contributed by atoms with Gasteiger partial charge in [0.05, 0.1) is 6.04 Å². The second-order valence-corrected chi connectivity index (χ2v) is 5.84. The minimum Gasteiger partial charge on any atom is -0.454 e. The van der Waals surface area contributed by atoms with Crippen LogP contribution in [0, 0.1) is 0 Å². The average molecular weight is 313 g/mol. The fraction of sp³-hybridized carbons (Fsp3) is 0.353. The zero-order valence-electron chi connectivity index (χ0n) is 13.0. The molecule has 4 rings (SSSR count). The van der Waals surface area contributed by atoms with E-state index in [0.29, 0.717) is 6.54 Å². The van der Waals surface area contributed by atoms with Crippen molar-refractivity contribution in [2.24, 2.45) is 0 Å². The molecule has 1 aromatic carbocycles. The molecule has 2 amide bonds. The van der Waals surface area contributed by atoms with Gasteiger partial charge in [-0.25, -0.2) is 4.79 Å². The molecule has 2 aliphatic heterocycles. The van der Waals surface area contributed by atoms with Gasteiger partial charge in [-0.05, 0) is 36.8 Å². The highest BCUT2D eigenvalue weighted by atomic mass is 16.7. The highest BCUT2D eigenvalue weighted by Crippen LogP contribution is 2.32. The van der Waals surface area contributed by atoms with Crippen molar-refractivity contribution in [3.63, 3.8) is 0 Å². The maximum atomic E-state index is 12.5. The van der Waals surface area contributed by atoms with Crippen LogP contribution in [0.25, 0.3) is 0 Å². The van der Waals surface area contributed by atoms with Crippen LogP contribution >= 0.6 is 0 Å². The number of benzene rings is 1. The lowest BCUT2D eigenvalue weighted by Crippen LogP contribution is -2.45. The molecule has 0 saturated carbocycles. The summed E-state index contributed by atoms with van der Waals surface area (Å²) in [5.74, 6) is 1.49. The van der Waals surface area contributed by atoms with Crippen molar-refractivity contribution in [3.8, 4) is 11.5 Å². The lowest BCUT2D eigenvalue weighted by atomic mass is 10.1. The first-order valence-corrected chi connectivity index (χ1v) is 7.80. The van der Waals surface area contributed by atoms with Gasteiger partial charge in [0.1, 0.15) is 0 Å². The number of carbonyl (C=O) groups is 1. The van der Waals surface area contributed by atoms with Crippen LogP contribution in [0.1, 0.15) is 24.2 Å². The van der Waals surface area contributed by atoms with Gasteiger partial charge in [-0.2, -0.15) is 0 Å². The van der Waals surface area contributed by atoms with Crippen molar-refractivity contribution < 1.29 is 14.3 Å². The summed E-state index contributed by atoms with van der Waals surface area (Å²) < 4.78 is 12.9. The summed E-state index contributed by atoms with van der Waals surface area (Å²) in [5, 5.41) is 2.99. The highest BCUT2D eigenvalue weighted by Gasteiger charge is 2.27. The van der Waals surface area contributed by atoms with Gasteiger partial charge in [-0.15, -0.1) is 0 Å². The predicted octanol–water partition coefficient (Wildman–Crippen LogP) is 2.50. The van der Waals surface area contributed by atoms with Crippen LogP contribution in [0.3, 0.4) is 0 Å². The number of amides is 2. The number of hydrogen-bond donors (Lipinski definition) is 1. The van der Waals surface area contributed by atoms with E-state index < -0.39 is 0 Å². The SMILES string of the molecule is C[C@H]1c2cccn2CCN1C(=O)NCc1ccc2c(c1)OCO2. The first kappa shape index (κ1) is 14.0. The average Bonchev–Trinajstić information content (AvgIpc) is 3.21. The van der Waals surface area contributed by atoms with Crippen LogP contribution in [0.5, 0.6) is 11.5 Å². The lowest BCUT2D eigenvalue weighted by molar-refractivity contribution is 0.162. The number of aromatic nitrogens is 1. The third-order valence-electron chi connectivity index (χ3n) is 4.48. The Balaban J connectivity index is 1.41. The molecule has 1 N–H and O–H groups in total. The first-order valence-electron chi connectivity index (χ1n) is 7.80. The topological polar surface area (TPSA) is 55.7 Å². The Morgan fingerprint density at radius 2 is 2.13 bits per heavy atom. The molecule has 0 saturated heterocycles. The summed E-state index contributed by atoms with van der Waals surface area (Å²) in [6.45, 7) is 4.35. The molecule has 0 spiro atoms. The molecular weight excluding hydrogens is 294 g/mol. The largest absolute Gasteiger partial charge is 0.454 e. The number of rotatable bonds is 2. The Labute approximate surface area is 134 Å². The maximum Gasteiger partial charge on any atom is 0.318 e. The Bertz CT molecular complexity index is 740. The van der Waals surface area contributed by atoms with E-state index in [9.17, 15) is 4.79 Å². The van der Waals surface area contributed by atoms with Gasteiger partial charge in [0, 0.05) is 31.5 Å². The summed E-state index contributed by atoms with van der Waals surface area (Å²) in [5.41, 5.74) is 2.17. The minimum absolute atomic E-state index is 0.0392. The molecule has 0 aliphatic carbocycles. The second kappa shape index (κ2) is 5.53. The summed E-state index contributed by atoms with van der Waals surface area (Å²) in [6.07, 6.45) is 2.06. The van der Waals surface area contributed by atoms with Crippen molar-refractivity contribution in [2.75, 3.05) is 13.3 Å². The number of hydrogen-bond acceptors (Lipinski definition) is 3. The summed E-state index contributed by atoms with van der Waals surface area (Å²) in [6, 6.07) is 9.87. The molecule has 0 radical (unpaired) electrons. The monoisotopic (exact) mass is 313 g/mol. The van der Waals surface area contributed by atoms with Gasteiger partial charge >= 0.3 is 6.03 Å². The van der Waals surface area contributed by atoms with E-state index in [2.05, 4.69) is 29.1 Å². The van der Waals surface area contributed by atoms with Crippen LogP contribution in [0.2, 0.25) is 0 Å². The molecule has 3 heterocycles. The van der Waals surface area contributed by atoms with Crippen molar-refractivity contribution in [1.82, 2.24) is 14.8 Å². The van der Waals surface area contributed by atoms with E-state index in [1.54, 1.807) is 0 Å². The fourth-order valence-corrected chi connectivity index (χ4v) is 3.19. The number of fused-ring (bicyclic) bond motifs is 2. The molecule has 2 aromatic rings. The van der Waals surface area contributed by atoms with Crippen LogP contribution in [-0.2, 0) is 13.1 Å². The predicted molar refractivity (Wildman–Crippen MR) is 84.4 cm³/mol. The van der Waals surface area contributed by atoms with Crippen molar-refractivity contribution >= 4 is 6.03 Å². The van der Waals surface area contributed by atoms with E-state index >= 15 is 0 Å². The molecular formula is C17H19N3O3. The maximum absolute atomic E-state index is 12.5. The molecule has 120 valence electrons. The minimum atomic E-state index is -0.0392. The molecule has 0 bridgehead atoms. The van der Waals surface area contributed by atoms with Gasteiger partial charge in [0.25, 0.3) is 0 Å². The van der Waals surface area contributed by atoms with Crippen LogP contribution in [0.15, 0.2) is 36.5 Å². The number of nitrogens with zero attached hydrogens (tertiary/aromatic N) is 2. The zero-order chi connectivity index (χ0) is 15.8. The molecule has 1 atom stereocenters. The smallest absolute Gasteiger partial charge is 0.318 e. The third-order valence-corrected chi connectivity index (χ3v) is 4.48. The molecule has 2 aliphatic rings. The van der Waals surface area contributed by atoms with E-state index in [4.69, 9.17) is 9.47 Å². The number of nitrogens with one attached hydrogen (secondary N) is 1. The molecule has 6 heteroatoms. The van der Waals surface area contributed by atoms with Gasteiger partial charge in [0.15, 0.2) is 11.5 Å². The van der Waals surface area contributed by atoms with Gasteiger partial charge in [0.2, 0.25) is 6.79 Å². The van der Waals surface area contributed by atoms with Gasteiger partial charge < -0.3 is 24.3 Å². The van der Waals surface area contributed by atoms with E-state index in [-0.39, 0.29) is 18.9 Å². The summed E-state index contributed by atoms with van der Waals surface area (Å²) >= 11 is 0. The standard InChI is InChI=1S/C17H19N3O3/c1-12-14-3-2-6-19(14)7-8-20(12)17(21)18-10-13-4-5-15-16(9-13)23-11-22-15/h2-6,9,12H,7-8,10-11H2,1H3,(H,18,21)/t12-/m0/s1. The molecule has 0 unspecified atom stereocenters. The Morgan fingerprint density at radius 3 is 3.04 bits per heavy atom. The van der Waals surface area contributed by atoms with E-state index in [1.165, 1.54) is 5.69 Å². The van der Waals surface area contributed by atoms with Crippen LogP contribution in [0.4, 0.5) is 4.79 Å². The van der Waals surface area contributed by atoms with Crippen LogP contribution in [-0.4, -0.2) is 28.8 Å². The number of urea groups is 1. The summed E-state index contributed by atoms with van der Waals surface area (Å²) in [7, 11) is 0. The molecule has 0 fully saturated rings. The van der Waals surface area contributed by atoms with Gasteiger partial charge in [-0.3, -0.25) is 0 Å². The molecule has 23 heavy (non-hydrogen) atoms. The van der Waals surface area contributed by atoms with E-state index in [0.717, 1.165) is 30.2 Å². The fourth-order valence-electron chi connectivity index (χ4n) is 3.19. The number of carbonyl (C=O) groups excluding carboxylic acids is 1. The second-order valence-electron chi connectivity index (χ2n) is 5.84. The van der Waals surface area contributed by atoms with E-state index in [1.807, 2.05) is 29.2 Å². The number of ether oxygens (including phenoxy) is 2. The van der Waals surface area contributed by atoms with Crippen molar-refractivity contribution in [2.45, 2.75) is 26.1 Å². The Hall–Kier alpha value is -2.63. The van der Waals surface area contributed by atoms with Gasteiger partial charge in [-0.1, -0.05) is 6.07 Å². The normalized spacial score (nSPS) is 18.7. The lowest BCUT2D eigenvalue weighted by Gasteiger charge is -2.34. The Morgan fingerprint density at radius 1 is 1.26 bits per heavy atom. The Kier molecular flexibility index (Phi) is 3.37. The zero-order valence-corrected chi connectivity index (χ0v) is 13.0. The molecule has 6 nitrogen and oxygen atoms in total. The third kappa shape index (κ3) is 2.50.